The molecule has 1 saturated carbocycles. The Morgan fingerprint density at radius 1 is 1.21 bits per heavy atom. The van der Waals surface area contributed by atoms with Crippen LogP contribution in [0.3, 0.4) is 0 Å². The van der Waals surface area contributed by atoms with E-state index in [0.29, 0.717) is 19.7 Å². The number of aromatic nitrogens is 1. The molecule has 3 rings (SSSR count). The van der Waals surface area contributed by atoms with Crippen LogP contribution in [0.15, 0.2) is 18.3 Å². The van der Waals surface area contributed by atoms with E-state index in [1.54, 1.807) is 11.1 Å². The Bertz CT molecular complexity index is 744. The van der Waals surface area contributed by atoms with Crippen molar-refractivity contribution in [1.29, 1.82) is 0 Å². The Labute approximate surface area is 166 Å². The average Bonchev–Trinajstić information content (AvgIpc) is 3.07. The smallest absolute Gasteiger partial charge is 0.410 e. The Balaban J connectivity index is 1.46. The molecule has 2 heterocycles. The summed E-state index contributed by atoms with van der Waals surface area (Å²) < 4.78 is 11.3. The van der Waals surface area contributed by atoms with Crippen LogP contribution in [0.5, 0.6) is 5.75 Å². The third kappa shape index (κ3) is 4.75. The Morgan fingerprint density at radius 2 is 1.86 bits per heavy atom. The van der Waals surface area contributed by atoms with Crippen LogP contribution in [0.2, 0.25) is 0 Å². The van der Waals surface area contributed by atoms with E-state index in [4.69, 9.17) is 9.47 Å². The van der Waals surface area contributed by atoms with Crippen LogP contribution in [0.4, 0.5) is 4.79 Å². The number of carbonyl (C=O) groups is 2. The monoisotopic (exact) mass is 389 g/mol. The van der Waals surface area contributed by atoms with Gasteiger partial charge in [0.15, 0.2) is 0 Å². The minimum atomic E-state index is -0.503. The van der Waals surface area contributed by atoms with Crippen LogP contribution in [0.1, 0.15) is 40.3 Å². The number of carbonyl (C=O) groups excluding carboxylic acids is 2. The van der Waals surface area contributed by atoms with Gasteiger partial charge in [0.25, 0.3) is 0 Å². The number of aryl methyl sites for hydroxylation is 1. The average molecular weight is 389 g/mol. The molecular formula is C21H31N3O4. The van der Waals surface area contributed by atoms with E-state index in [1.165, 1.54) is 0 Å². The first-order chi connectivity index (χ1) is 13.0. The minimum absolute atomic E-state index is 0.0295. The summed E-state index contributed by atoms with van der Waals surface area (Å²) >= 11 is 0. The molecule has 7 heteroatoms. The third-order valence-electron chi connectivity index (χ3n) is 5.16. The van der Waals surface area contributed by atoms with Gasteiger partial charge >= 0.3 is 6.09 Å². The first-order valence-electron chi connectivity index (χ1n) is 9.81. The zero-order chi connectivity index (χ0) is 20.7. The van der Waals surface area contributed by atoms with E-state index in [2.05, 4.69) is 10.3 Å². The van der Waals surface area contributed by atoms with Gasteiger partial charge in [0.1, 0.15) is 18.0 Å². The van der Waals surface area contributed by atoms with Crippen molar-refractivity contribution >= 4 is 12.0 Å². The number of piperidine rings is 1. The summed E-state index contributed by atoms with van der Waals surface area (Å²) in [6, 6.07) is 3.70. The molecule has 0 aromatic carbocycles. The molecule has 1 aliphatic carbocycles. The molecule has 7 nitrogen and oxygen atoms in total. The van der Waals surface area contributed by atoms with Crippen molar-refractivity contribution in [2.45, 2.75) is 52.7 Å². The van der Waals surface area contributed by atoms with E-state index < -0.39 is 11.1 Å². The second kappa shape index (κ2) is 7.26. The fourth-order valence-corrected chi connectivity index (χ4v) is 3.72. The first kappa shape index (κ1) is 20.4. The van der Waals surface area contributed by atoms with Crippen LogP contribution in [0, 0.1) is 24.7 Å². The number of rotatable bonds is 5. The maximum atomic E-state index is 12.7. The highest BCUT2D eigenvalue weighted by Crippen LogP contribution is 2.52. The highest BCUT2D eigenvalue weighted by Gasteiger charge is 2.61. The largest absolute Gasteiger partial charge is 0.489 e. The second-order valence-electron chi connectivity index (χ2n) is 9.49. The van der Waals surface area contributed by atoms with Crippen molar-refractivity contribution in [3.8, 4) is 5.75 Å². The molecule has 0 spiro atoms. The lowest BCUT2D eigenvalue weighted by Crippen LogP contribution is -2.49. The summed E-state index contributed by atoms with van der Waals surface area (Å²) in [7, 11) is 0. The number of nitrogens with zero attached hydrogens (tertiary/aromatic N) is 2. The summed E-state index contributed by atoms with van der Waals surface area (Å²) in [6.07, 6.45) is 1.43. The summed E-state index contributed by atoms with van der Waals surface area (Å²) in [5.74, 6) is 1.18. The number of amides is 2. The van der Waals surface area contributed by atoms with Crippen molar-refractivity contribution < 1.29 is 19.1 Å². The highest BCUT2D eigenvalue weighted by molar-refractivity contribution is 5.84. The molecule has 2 amide bonds. The predicted molar refractivity (Wildman–Crippen MR) is 105 cm³/mol. The zero-order valence-corrected chi connectivity index (χ0v) is 17.6. The van der Waals surface area contributed by atoms with Crippen molar-refractivity contribution in [2.24, 2.45) is 17.8 Å². The molecule has 1 aromatic rings. The van der Waals surface area contributed by atoms with Gasteiger partial charge in [-0.15, -0.1) is 0 Å². The van der Waals surface area contributed by atoms with Crippen LogP contribution >= 0.6 is 0 Å². The number of nitrogens with one attached hydrogen (secondary N) is 1. The summed E-state index contributed by atoms with van der Waals surface area (Å²) in [5, 5.41) is 3.10. The Morgan fingerprint density at radius 3 is 2.43 bits per heavy atom. The molecule has 2 fully saturated rings. The molecule has 1 saturated heterocycles. The lowest BCUT2D eigenvalue weighted by atomic mass is 10.1. The van der Waals surface area contributed by atoms with E-state index in [9.17, 15) is 9.59 Å². The molecule has 3 atom stereocenters. The molecular weight excluding hydrogens is 358 g/mol. The van der Waals surface area contributed by atoms with Crippen molar-refractivity contribution in [3.05, 3.63) is 24.0 Å². The van der Waals surface area contributed by atoms with Crippen molar-refractivity contribution in [1.82, 2.24) is 15.2 Å². The van der Waals surface area contributed by atoms with Gasteiger partial charge in [0.2, 0.25) is 5.91 Å². The lowest BCUT2D eigenvalue weighted by molar-refractivity contribution is -0.125. The topological polar surface area (TPSA) is 80.8 Å². The van der Waals surface area contributed by atoms with Gasteiger partial charge < -0.3 is 19.7 Å². The second-order valence-corrected chi connectivity index (χ2v) is 9.49. The van der Waals surface area contributed by atoms with Crippen LogP contribution < -0.4 is 10.1 Å². The molecule has 28 heavy (non-hydrogen) atoms. The molecule has 0 radical (unpaired) electrons. The maximum absolute atomic E-state index is 12.7. The van der Waals surface area contributed by atoms with Crippen LogP contribution in [0.25, 0.3) is 0 Å². The molecule has 0 bridgehead atoms. The van der Waals surface area contributed by atoms with Gasteiger partial charge in [0, 0.05) is 25.2 Å². The molecule has 2 aliphatic rings. The quantitative estimate of drug-likeness (QED) is 0.838. The summed E-state index contributed by atoms with van der Waals surface area (Å²) in [4.78, 5) is 30.8. The van der Waals surface area contributed by atoms with Gasteiger partial charge in [-0.05, 0) is 65.5 Å². The molecule has 0 unspecified atom stereocenters. The maximum Gasteiger partial charge on any atom is 0.410 e. The van der Waals surface area contributed by atoms with E-state index in [1.807, 2.05) is 53.7 Å². The van der Waals surface area contributed by atoms with Gasteiger partial charge in [-0.3, -0.25) is 9.78 Å². The summed E-state index contributed by atoms with van der Waals surface area (Å²) in [5.41, 5.74) is -0.179. The number of fused-ring (bicyclic) bond motifs is 1. The van der Waals surface area contributed by atoms with Gasteiger partial charge in [0.05, 0.1) is 11.2 Å². The fraction of sp³-hybridized carbons (Fsp3) is 0.667. The fourth-order valence-electron chi connectivity index (χ4n) is 3.72. The van der Waals surface area contributed by atoms with Crippen molar-refractivity contribution in [2.75, 3.05) is 19.7 Å². The third-order valence-corrected chi connectivity index (χ3v) is 5.16. The number of hydrogen-bond acceptors (Lipinski definition) is 5. The SMILES string of the molecule is Cc1ncccc1OCC(C)(C)NC(=O)[C@H]1[C@@H]2CN(C(=O)OC(C)(C)C)C[C@@H]21. The van der Waals surface area contributed by atoms with Crippen LogP contribution in [-0.4, -0.2) is 52.7 Å². The van der Waals surface area contributed by atoms with Gasteiger partial charge in [-0.2, -0.15) is 0 Å². The first-order valence-corrected chi connectivity index (χ1v) is 9.81. The minimum Gasteiger partial charge on any atom is -0.489 e. The zero-order valence-electron chi connectivity index (χ0n) is 17.6. The Hall–Kier alpha value is -2.31. The number of hydrogen-bond donors (Lipinski definition) is 1. The van der Waals surface area contributed by atoms with Crippen molar-refractivity contribution in [3.63, 3.8) is 0 Å². The lowest BCUT2D eigenvalue weighted by Gasteiger charge is -2.28. The molecule has 1 aliphatic heterocycles. The van der Waals surface area contributed by atoms with Gasteiger partial charge in [-0.1, -0.05) is 0 Å². The number of pyridine rings is 1. The van der Waals surface area contributed by atoms with E-state index in [0.717, 1.165) is 11.4 Å². The van der Waals surface area contributed by atoms with E-state index >= 15 is 0 Å². The van der Waals surface area contributed by atoms with Gasteiger partial charge in [-0.25, -0.2) is 4.79 Å². The number of ether oxygens (including phenoxy) is 2. The highest BCUT2D eigenvalue weighted by atomic mass is 16.6. The van der Waals surface area contributed by atoms with Crippen LogP contribution in [-0.2, 0) is 9.53 Å². The normalized spacial score (nSPS) is 23.8. The predicted octanol–water partition coefficient (Wildman–Crippen LogP) is 2.78. The number of likely N-dealkylation sites (tertiary alicyclic amines) is 1. The summed E-state index contributed by atoms with van der Waals surface area (Å²) in [6.45, 7) is 12.9. The molecule has 1 aromatic heterocycles. The standard InChI is InChI=1S/C21H31N3O4/c1-13-16(8-7-9-22-13)27-12-21(5,6)23-18(25)17-14-10-24(11-15(14)17)19(26)28-20(2,3)4/h7-9,14-15,17H,10-12H2,1-6H3,(H,23,25)/t14-,15+,17+. The molecule has 154 valence electrons. The molecule has 1 N–H and O–H groups in total. The Kier molecular flexibility index (Phi) is 5.30. The van der Waals surface area contributed by atoms with E-state index in [-0.39, 0.29) is 29.8 Å².